The third-order valence-corrected chi connectivity index (χ3v) is 3.87. The number of carbonyl (C=O) groups excluding carboxylic acids is 2. The number of hydrazine groups is 1. The Hall–Kier alpha value is -2.93. The van der Waals surface area contributed by atoms with Crippen LogP contribution in [0.2, 0.25) is 5.02 Å². The van der Waals surface area contributed by atoms with Gasteiger partial charge in [-0.2, -0.15) is 0 Å². The first-order valence-corrected chi connectivity index (χ1v) is 8.14. The second-order valence-corrected chi connectivity index (χ2v) is 6.91. The summed E-state index contributed by atoms with van der Waals surface area (Å²) in [4.78, 5) is 36.0. The Morgan fingerprint density at radius 1 is 1.04 bits per heavy atom. The zero-order chi connectivity index (χ0) is 19.5. The highest BCUT2D eigenvalue weighted by Gasteiger charge is 2.32. The molecule has 0 aliphatic heterocycles. The van der Waals surface area contributed by atoms with Crippen molar-refractivity contribution in [2.75, 3.05) is 0 Å². The van der Waals surface area contributed by atoms with Crippen molar-refractivity contribution in [2.24, 2.45) is 0 Å². The third kappa shape index (κ3) is 4.18. The summed E-state index contributed by atoms with van der Waals surface area (Å²) in [5.41, 5.74) is 1.41. The minimum atomic E-state index is -0.796. The van der Waals surface area contributed by atoms with Crippen LogP contribution in [0, 0.1) is 10.1 Å². The number of carbonyl (C=O) groups is 2. The molecule has 136 valence electrons. The lowest BCUT2D eigenvalue weighted by molar-refractivity contribution is -0.385. The van der Waals surface area contributed by atoms with Crippen LogP contribution in [0.5, 0.6) is 0 Å². The van der Waals surface area contributed by atoms with Crippen LogP contribution < -0.4 is 5.43 Å². The van der Waals surface area contributed by atoms with Crippen molar-refractivity contribution in [1.29, 1.82) is 0 Å². The summed E-state index contributed by atoms with van der Waals surface area (Å²) in [6.07, 6.45) is 0. The molecule has 7 nitrogen and oxygen atoms in total. The normalized spacial score (nSPS) is 10.9. The maximum atomic E-state index is 12.9. The summed E-state index contributed by atoms with van der Waals surface area (Å²) in [5, 5.41) is 12.5. The van der Waals surface area contributed by atoms with E-state index in [1.165, 1.54) is 24.3 Å². The number of nitro groups is 1. The second-order valence-electron chi connectivity index (χ2n) is 6.51. The van der Waals surface area contributed by atoms with Crippen molar-refractivity contribution in [3.63, 3.8) is 0 Å². The molecule has 0 spiro atoms. The molecule has 26 heavy (non-hydrogen) atoms. The van der Waals surface area contributed by atoms with Crippen LogP contribution in [-0.2, 0) is 0 Å². The Morgan fingerprint density at radius 3 is 2.12 bits per heavy atom. The SMILES string of the molecule is CC(C)(C)N(NC(=O)c1ccccc1[N+](=O)[O-])C(=O)c1ccccc1Cl. The summed E-state index contributed by atoms with van der Waals surface area (Å²) in [6.45, 7) is 5.17. The lowest BCUT2D eigenvalue weighted by atomic mass is 10.1. The monoisotopic (exact) mass is 375 g/mol. The molecule has 0 heterocycles. The number of nitrogens with zero attached hydrogens (tertiary/aromatic N) is 2. The third-order valence-electron chi connectivity index (χ3n) is 3.54. The van der Waals surface area contributed by atoms with E-state index in [9.17, 15) is 19.7 Å². The molecule has 0 aliphatic rings. The predicted octanol–water partition coefficient (Wildman–Crippen LogP) is 3.83. The van der Waals surface area contributed by atoms with Gasteiger partial charge in [0.1, 0.15) is 5.56 Å². The van der Waals surface area contributed by atoms with Gasteiger partial charge in [0.15, 0.2) is 0 Å². The Balaban J connectivity index is 2.39. The van der Waals surface area contributed by atoms with Gasteiger partial charge in [0.25, 0.3) is 17.5 Å². The van der Waals surface area contributed by atoms with Gasteiger partial charge in [0.05, 0.1) is 21.0 Å². The Morgan fingerprint density at radius 2 is 1.58 bits per heavy atom. The second kappa shape index (κ2) is 7.53. The zero-order valence-corrected chi connectivity index (χ0v) is 15.3. The van der Waals surface area contributed by atoms with Crippen molar-refractivity contribution in [3.05, 3.63) is 74.8 Å². The van der Waals surface area contributed by atoms with E-state index >= 15 is 0 Å². The molecule has 2 aromatic carbocycles. The minimum absolute atomic E-state index is 0.140. The molecule has 2 aromatic rings. The molecule has 2 rings (SSSR count). The molecule has 0 atom stereocenters. The topological polar surface area (TPSA) is 92.6 Å². The van der Waals surface area contributed by atoms with Crippen LogP contribution in [0.15, 0.2) is 48.5 Å². The molecule has 0 saturated heterocycles. The molecular weight excluding hydrogens is 358 g/mol. The molecule has 1 N–H and O–H groups in total. The largest absolute Gasteiger partial charge is 0.282 e. The molecule has 0 saturated carbocycles. The van der Waals surface area contributed by atoms with Gasteiger partial charge in [-0.25, -0.2) is 5.01 Å². The van der Waals surface area contributed by atoms with Crippen LogP contribution in [0.25, 0.3) is 0 Å². The average molecular weight is 376 g/mol. The van der Waals surface area contributed by atoms with E-state index in [1.807, 2.05) is 0 Å². The quantitative estimate of drug-likeness (QED) is 0.651. The fourth-order valence-corrected chi connectivity index (χ4v) is 2.48. The molecule has 0 unspecified atom stereocenters. The molecular formula is C18H18ClN3O4. The number of hydrogen-bond acceptors (Lipinski definition) is 4. The highest BCUT2D eigenvalue weighted by atomic mass is 35.5. The zero-order valence-electron chi connectivity index (χ0n) is 14.5. The number of nitro benzene ring substituents is 1. The Labute approximate surface area is 155 Å². The van der Waals surface area contributed by atoms with E-state index in [-0.39, 0.29) is 21.8 Å². The first-order chi connectivity index (χ1) is 12.1. The van der Waals surface area contributed by atoms with Gasteiger partial charge in [-0.15, -0.1) is 0 Å². The Bertz CT molecular complexity index is 862. The van der Waals surface area contributed by atoms with Crippen molar-refractivity contribution < 1.29 is 14.5 Å². The molecule has 0 aromatic heterocycles. The van der Waals surface area contributed by atoms with Crippen molar-refractivity contribution in [2.45, 2.75) is 26.3 Å². The smallest absolute Gasteiger partial charge is 0.267 e. The number of rotatable bonds is 3. The number of nitrogens with one attached hydrogen (secondary N) is 1. The summed E-state index contributed by atoms with van der Waals surface area (Å²) in [7, 11) is 0. The van der Waals surface area contributed by atoms with Gasteiger partial charge in [-0.05, 0) is 39.0 Å². The molecule has 0 fully saturated rings. The van der Waals surface area contributed by atoms with E-state index in [0.29, 0.717) is 0 Å². The van der Waals surface area contributed by atoms with Crippen LogP contribution >= 0.6 is 11.6 Å². The highest BCUT2D eigenvalue weighted by molar-refractivity contribution is 6.33. The maximum Gasteiger partial charge on any atom is 0.282 e. The molecule has 0 bridgehead atoms. The fourth-order valence-electron chi connectivity index (χ4n) is 2.26. The summed E-state index contributed by atoms with van der Waals surface area (Å²) in [5.74, 6) is -1.28. The molecule has 0 aliphatic carbocycles. The van der Waals surface area contributed by atoms with Gasteiger partial charge >= 0.3 is 0 Å². The highest BCUT2D eigenvalue weighted by Crippen LogP contribution is 2.22. The molecule has 2 amide bonds. The van der Waals surface area contributed by atoms with Gasteiger partial charge < -0.3 is 0 Å². The lowest BCUT2D eigenvalue weighted by Crippen LogP contribution is -2.56. The van der Waals surface area contributed by atoms with Crippen LogP contribution in [-0.4, -0.2) is 27.3 Å². The number of hydrogen-bond donors (Lipinski definition) is 1. The fraction of sp³-hybridized carbons (Fsp3) is 0.222. The van der Waals surface area contributed by atoms with Gasteiger partial charge in [-0.3, -0.25) is 25.1 Å². The number of amides is 2. The maximum absolute atomic E-state index is 12.9. The molecule has 8 heteroatoms. The lowest BCUT2D eigenvalue weighted by Gasteiger charge is -2.35. The van der Waals surface area contributed by atoms with Gasteiger partial charge in [0, 0.05) is 6.07 Å². The van der Waals surface area contributed by atoms with Crippen molar-refractivity contribution in [3.8, 4) is 0 Å². The first kappa shape index (κ1) is 19.4. The average Bonchev–Trinajstić information content (AvgIpc) is 2.58. The minimum Gasteiger partial charge on any atom is -0.267 e. The first-order valence-electron chi connectivity index (χ1n) is 7.76. The van der Waals surface area contributed by atoms with E-state index in [1.54, 1.807) is 45.0 Å². The van der Waals surface area contributed by atoms with Crippen molar-refractivity contribution in [1.82, 2.24) is 10.4 Å². The van der Waals surface area contributed by atoms with Crippen LogP contribution in [0.3, 0.4) is 0 Å². The Kier molecular flexibility index (Phi) is 5.62. The summed E-state index contributed by atoms with van der Waals surface area (Å²) < 4.78 is 0. The van der Waals surface area contributed by atoms with E-state index < -0.39 is 22.3 Å². The number of para-hydroxylation sites is 1. The van der Waals surface area contributed by atoms with Crippen LogP contribution in [0.1, 0.15) is 41.5 Å². The standard InChI is InChI=1S/C18H18ClN3O4/c1-18(2,3)21(17(24)12-8-4-6-10-14(12)19)20-16(23)13-9-5-7-11-15(13)22(25)26/h4-11H,1-3H3,(H,20,23). The molecule has 0 radical (unpaired) electrons. The number of halogens is 1. The van der Waals surface area contributed by atoms with Gasteiger partial charge in [-0.1, -0.05) is 35.9 Å². The number of benzene rings is 2. The van der Waals surface area contributed by atoms with E-state index in [2.05, 4.69) is 5.43 Å². The van der Waals surface area contributed by atoms with E-state index in [4.69, 9.17) is 11.6 Å². The predicted molar refractivity (Wildman–Crippen MR) is 97.9 cm³/mol. The van der Waals surface area contributed by atoms with Crippen molar-refractivity contribution >= 4 is 29.1 Å². The summed E-state index contributed by atoms with van der Waals surface area (Å²) in [6, 6.07) is 12.0. The van der Waals surface area contributed by atoms with E-state index in [0.717, 1.165) is 5.01 Å². The van der Waals surface area contributed by atoms with Gasteiger partial charge in [0.2, 0.25) is 0 Å². The van der Waals surface area contributed by atoms with Crippen LogP contribution in [0.4, 0.5) is 5.69 Å². The summed E-state index contributed by atoms with van der Waals surface area (Å²) >= 11 is 6.08.